The molecule has 1 heterocycles. The van der Waals surface area contributed by atoms with Crippen molar-refractivity contribution in [2.24, 2.45) is 0 Å². The largest absolute Gasteiger partial charge is 0.461 e. The first kappa shape index (κ1) is 13.9. The molecule has 0 spiro atoms. The number of carbonyl (C=O) groups excluding carboxylic acids is 2. The zero-order chi connectivity index (χ0) is 13.7. The van der Waals surface area contributed by atoms with Crippen molar-refractivity contribution in [1.29, 1.82) is 0 Å². The first-order valence-electron chi connectivity index (χ1n) is 6.20. The fraction of sp³-hybridized carbons (Fsp3) is 0.429. The molecule has 1 aliphatic heterocycles. The van der Waals surface area contributed by atoms with Gasteiger partial charge < -0.3 is 9.47 Å². The van der Waals surface area contributed by atoms with Gasteiger partial charge in [-0.2, -0.15) is 0 Å². The van der Waals surface area contributed by atoms with Crippen LogP contribution in [-0.2, 0) is 14.3 Å². The van der Waals surface area contributed by atoms with Crippen LogP contribution in [0.3, 0.4) is 0 Å². The lowest BCUT2D eigenvalue weighted by Crippen LogP contribution is -2.14. The molecule has 0 bridgehead atoms. The molecule has 2 rings (SSSR count). The van der Waals surface area contributed by atoms with Crippen LogP contribution in [-0.4, -0.2) is 29.2 Å². The summed E-state index contributed by atoms with van der Waals surface area (Å²) in [5, 5.41) is 0.206. The van der Waals surface area contributed by atoms with Crippen molar-refractivity contribution in [3.63, 3.8) is 0 Å². The van der Waals surface area contributed by atoms with Crippen molar-refractivity contribution in [2.75, 3.05) is 6.61 Å². The number of esters is 2. The van der Waals surface area contributed by atoms with Crippen molar-refractivity contribution in [3.8, 4) is 0 Å². The second-order valence-electron chi connectivity index (χ2n) is 4.34. The van der Waals surface area contributed by atoms with Gasteiger partial charge in [0, 0.05) is 12.2 Å². The Bertz CT molecular complexity index is 446. The average molecular weight is 280 g/mol. The van der Waals surface area contributed by atoms with Gasteiger partial charge in [0.2, 0.25) is 0 Å². The number of rotatable bonds is 4. The molecule has 19 heavy (non-hydrogen) atoms. The lowest BCUT2D eigenvalue weighted by atomic mass is 10.2. The molecule has 1 aromatic rings. The summed E-state index contributed by atoms with van der Waals surface area (Å²) >= 11 is 1.56. The topological polar surface area (TPSA) is 52.6 Å². The third kappa shape index (κ3) is 4.28. The maximum atomic E-state index is 11.7. The summed E-state index contributed by atoms with van der Waals surface area (Å²) in [4.78, 5) is 22.6. The lowest BCUT2D eigenvalue weighted by molar-refractivity contribution is -0.142. The quantitative estimate of drug-likeness (QED) is 0.794. The number of carbonyl (C=O) groups is 2. The molecule has 4 nitrogen and oxygen atoms in total. The first-order chi connectivity index (χ1) is 9.15. The Morgan fingerprint density at radius 3 is 2.68 bits per heavy atom. The minimum absolute atomic E-state index is 0.0991. The number of hydrogen-bond acceptors (Lipinski definition) is 5. The van der Waals surface area contributed by atoms with Crippen LogP contribution in [0.25, 0.3) is 0 Å². The summed E-state index contributed by atoms with van der Waals surface area (Å²) in [5.41, 5.74) is 0.458. The number of ether oxygens (including phenoxy) is 2. The van der Waals surface area contributed by atoms with Gasteiger partial charge in [0.15, 0.2) is 0 Å². The van der Waals surface area contributed by atoms with Gasteiger partial charge in [-0.15, -0.1) is 11.8 Å². The molecule has 0 unspecified atom stereocenters. The van der Waals surface area contributed by atoms with Crippen LogP contribution < -0.4 is 0 Å². The molecule has 1 fully saturated rings. The highest BCUT2D eigenvalue weighted by Crippen LogP contribution is 2.34. The van der Waals surface area contributed by atoms with Crippen molar-refractivity contribution < 1.29 is 19.1 Å². The molecule has 0 N–H and O–H groups in total. The van der Waals surface area contributed by atoms with Crippen LogP contribution in [0.1, 0.15) is 30.1 Å². The molecule has 0 aromatic heterocycles. The van der Waals surface area contributed by atoms with E-state index in [1.54, 1.807) is 36.0 Å². The summed E-state index contributed by atoms with van der Waals surface area (Å²) in [6.07, 6.45) is 1.71. The van der Waals surface area contributed by atoms with Crippen molar-refractivity contribution in [2.45, 2.75) is 30.5 Å². The second kappa shape index (κ2) is 6.61. The van der Waals surface area contributed by atoms with E-state index < -0.39 is 0 Å². The SMILES string of the molecule is CC(=O)O[C@H]1CC[C@@H](COC(=O)c2ccccc2)S1. The summed E-state index contributed by atoms with van der Waals surface area (Å²) in [6, 6.07) is 8.92. The highest BCUT2D eigenvalue weighted by molar-refractivity contribution is 8.00. The van der Waals surface area contributed by atoms with Crippen molar-refractivity contribution >= 4 is 23.7 Å². The van der Waals surface area contributed by atoms with Gasteiger partial charge in [-0.25, -0.2) is 4.79 Å². The Kier molecular flexibility index (Phi) is 4.85. The van der Waals surface area contributed by atoms with E-state index in [1.807, 2.05) is 6.07 Å². The fourth-order valence-electron chi connectivity index (χ4n) is 1.89. The summed E-state index contributed by atoms with van der Waals surface area (Å²) in [7, 11) is 0. The molecule has 0 amide bonds. The zero-order valence-electron chi connectivity index (χ0n) is 10.7. The Morgan fingerprint density at radius 2 is 2.00 bits per heavy atom. The minimum Gasteiger partial charge on any atom is -0.461 e. The third-order valence-corrected chi connectivity index (χ3v) is 4.17. The molecule has 2 atom stereocenters. The average Bonchev–Trinajstić information content (AvgIpc) is 2.84. The highest BCUT2D eigenvalue weighted by Gasteiger charge is 2.28. The Labute approximate surface area is 116 Å². The number of thioether (sulfide) groups is 1. The summed E-state index contributed by atoms with van der Waals surface area (Å²) < 4.78 is 10.4. The van der Waals surface area contributed by atoms with Gasteiger partial charge >= 0.3 is 11.9 Å². The molecular weight excluding hydrogens is 264 g/mol. The van der Waals surface area contributed by atoms with Gasteiger partial charge in [-0.3, -0.25) is 4.79 Å². The number of benzene rings is 1. The summed E-state index contributed by atoms with van der Waals surface area (Å²) in [6.45, 7) is 1.76. The maximum Gasteiger partial charge on any atom is 0.338 e. The molecule has 0 aliphatic carbocycles. The van der Waals surface area contributed by atoms with E-state index in [4.69, 9.17) is 9.47 Å². The van der Waals surface area contributed by atoms with Crippen molar-refractivity contribution in [1.82, 2.24) is 0 Å². The molecule has 0 saturated carbocycles. The van der Waals surface area contributed by atoms with Gasteiger partial charge in [0.05, 0.1) is 5.56 Å². The van der Waals surface area contributed by atoms with Crippen molar-refractivity contribution in [3.05, 3.63) is 35.9 Å². The zero-order valence-corrected chi connectivity index (χ0v) is 11.5. The second-order valence-corrected chi connectivity index (χ2v) is 5.80. The molecule has 0 radical (unpaired) electrons. The fourth-order valence-corrected chi connectivity index (χ4v) is 3.20. The van der Waals surface area contributed by atoms with Crippen LogP contribution in [0.4, 0.5) is 0 Å². The smallest absolute Gasteiger partial charge is 0.338 e. The van der Waals surface area contributed by atoms with E-state index in [-0.39, 0.29) is 22.6 Å². The Hall–Kier alpha value is -1.49. The van der Waals surface area contributed by atoms with E-state index >= 15 is 0 Å². The predicted octanol–water partition coefficient (Wildman–Crippen LogP) is 2.63. The van der Waals surface area contributed by atoms with Crippen LogP contribution in [0.15, 0.2) is 30.3 Å². The third-order valence-electron chi connectivity index (χ3n) is 2.78. The monoisotopic (exact) mass is 280 g/mol. The molecule has 1 aromatic carbocycles. The Morgan fingerprint density at radius 1 is 1.26 bits per heavy atom. The van der Waals surface area contributed by atoms with E-state index in [9.17, 15) is 9.59 Å². The molecular formula is C14H16O4S. The Balaban J connectivity index is 1.75. The van der Waals surface area contributed by atoms with Gasteiger partial charge in [0.1, 0.15) is 12.0 Å². The molecule has 5 heteroatoms. The van der Waals surface area contributed by atoms with E-state index in [0.29, 0.717) is 12.2 Å². The normalized spacial score (nSPS) is 21.9. The predicted molar refractivity (Wildman–Crippen MR) is 72.9 cm³/mol. The molecule has 102 valence electrons. The van der Waals surface area contributed by atoms with Gasteiger partial charge in [-0.05, 0) is 25.0 Å². The standard InChI is InChI=1S/C14H16O4S/c1-10(15)18-13-8-7-12(19-13)9-17-14(16)11-5-3-2-4-6-11/h2-6,12-13H,7-9H2,1H3/t12-,13+/m0/s1. The summed E-state index contributed by atoms with van der Waals surface area (Å²) in [5.74, 6) is -0.573. The van der Waals surface area contributed by atoms with E-state index in [0.717, 1.165) is 12.8 Å². The van der Waals surface area contributed by atoms with Gasteiger partial charge in [-0.1, -0.05) is 18.2 Å². The highest BCUT2D eigenvalue weighted by atomic mass is 32.2. The van der Waals surface area contributed by atoms with Crippen LogP contribution in [0.2, 0.25) is 0 Å². The molecule has 1 saturated heterocycles. The van der Waals surface area contributed by atoms with E-state index in [1.165, 1.54) is 6.92 Å². The first-order valence-corrected chi connectivity index (χ1v) is 7.14. The van der Waals surface area contributed by atoms with Crippen LogP contribution >= 0.6 is 11.8 Å². The number of hydrogen-bond donors (Lipinski definition) is 0. The lowest BCUT2D eigenvalue weighted by Gasteiger charge is -2.12. The minimum atomic E-state index is -0.308. The van der Waals surface area contributed by atoms with Crippen LogP contribution in [0, 0.1) is 0 Å². The maximum absolute atomic E-state index is 11.7. The van der Waals surface area contributed by atoms with Crippen LogP contribution in [0.5, 0.6) is 0 Å². The van der Waals surface area contributed by atoms with Gasteiger partial charge in [0.25, 0.3) is 0 Å². The van der Waals surface area contributed by atoms with E-state index in [2.05, 4.69) is 0 Å². The molecule has 1 aliphatic rings.